The molecular weight excluding hydrogens is 558 g/mol. The fraction of sp³-hybridized carbons (Fsp3) is 0.160. The van der Waals surface area contributed by atoms with Gasteiger partial charge in [-0.25, -0.2) is 9.29 Å². The van der Waals surface area contributed by atoms with Gasteiger partial charge in [-0.15, -0.1) is 0 Å². The minimum Gasteiger partial charge on any atom is -0.325 e. The van der Waals surface area contributed by atoms with E-state index >= 15 is 0 Å². The van der Waals surface area contributed by atoms with Gasteiger partial charge < -0.3 is 4.90 Å². The first-order valence-electron chi connectivity index (χ1n) is 10.2. The van der Waals surface area contributed by atoms with Gasteiger partial charge in [-0.2, -0.15) is 0 Å². The number of anilines is 1. The lowest BCUT2D eigenvalue weighted by Crippen LogP contribution is -2.45. The van der Waals surface area contributed by atoms with E-state index in [1.165, 1.54) is 17.0 Å². The molecule has 0 radical (unpaired) electrons. The number of halogens is 3. The molecule has 0 aromatic heterocycles. The van der Waals surface area contributed by atoms with Crippen LogP contribution in [0.5, 0.6) is 0 Å². The third kappa shape index (κ3) is 5.42. The molecule has 0 bridgehead atoms. The number of carbonyl (C=O) groups excluding carboxylic acids is 3. The smallest absolute Gasteiger partial charge is 0.257 e. The third-order valence-corrected chi connectivity index (χ3v) is 6.41. The zero-order chi connectivity index (χ0) is 23.5. The van der Waals surface area contributed by atoms with Crippen molar-refractivity contribution in [3.63, 3.8) is 0 Å². The predicted octanol–water partition coefficient (Wildman–Crippen LogP) is 4.99. The van der Waals surface area contributed by atoms with Crippen LogP contribution in [0.4, 0.5) is 10.1 Å². The zero-order valence-electron chi connectivity index (χ0n) is 17.4. The number of imide groups is 1. The number of amides is 3. The van der Waals surface area contributed by atoms with E-state index in [0.717, 1.165) is 14.0 Å². The van der Waals surface area contributed by atoms with E-state index in [4.69, 9.17) is 11.6 Å². The number of nitrogens with zero attached hydrogens (tertiary/aromatic N) is 2. The van der Waals surface area contributed by atoms with Gasteiger partial charge in [-0.1, -0.05) is 35.9 Å². The van der Waals surface area contributed by atoms with Gasteiger partial charge in [0.15, 0.2) is 0 Å². The maximum absolute atomic E-state index is 13.4. The van der Waals surface area contributed by atoms with Gasteiger partial charge in [0, 0.05) is 15.1 Å². The lowest BCUT2D eigenvalue weighted by molar-refractivity contribution is -0.138. The second-order valence-electron chi connectivity index (χ2n) is 7.72. The molecular formula is C25H19ClFIN2O3. The lowest BCUT2D eigenvalue weighted by Gasteiger charge is -2.28. The van der Waals surface area contributed by atoms with Gasteiger partial charge in [0.05, 0.1) is 18.5 Å². The molecule has 1 atom stereocenters. The van der Waals surface area contributed by atoms with Crippen molar-refractivity contribution in [2.45, 2.75) is 25.4 Å². The molecule has 1 aliphatic heterocycles. The zero-order valence-corrected chi connectivity index (χ0v) is 20.3. The van der Waals surface area contributed by atoms with Crippen molar-refractivity contribution in [3.8, 4) is 0 Å². The molecule has 8 heteroatoms. The monoisotopic (exact) mass is 576 g/mol. The summed E-state index contributed by atoms with van der Waals surface area (Å²) in [6.07, 6.45) is -0.0712. The van der Waals surface area contributed by atoms with E-state index in [1.807, 2.05) is 12.1 Å². The molecule has 33 heavy (non-hydrogen) atoms. The summed E-state index contributed by atoms with van der Waals surface area (Å²) in [5.41, 5.74) is 1.87. The van der Waals surface area contributed by atoms with E-state index < -0.39 is 17.8 Å². The number of hydrogen-bond acceptors (Lipinski definition) is 3. The normalized spacial score (nSPS) is 15.7. The first kappa shape index (κ1) is 23.4. The van der Waals surface area contributed by atoms with E-state index in [0.29, 0.717) is 16.3 Å². The molecule has 5 nitrogen and oxygen atoms in total. The van der Waals surface area contributed by atoms with Crippen LogP contribution in [-0.2, 0) is 27.3 Å². The third-order valence-electron chi connectivity index (χ3n) is 5.44. The lowest BCUT2D eigenvalue weighted by atomic mass is 10.1. The molecule has 0 spiro atoms. The van der Waals surface area contributed by atoms with Gasteiger partial charge in [0.25, 0.3) is 5.91 Å². The second-order valence-corrected chi connectivity index (χ2v) is 9.40. The van der Waals surface area contributed by atoms with Crippen LogP contribution in [-0.4, -0.2) is 28.7 Å². The van der Waals surface area contributed by atoms with Gasteiger partial charge in [-0.3, -0.25) is 14.4 Å². The minimum atomic E-state index is -0.943. The molecule has 4 rings (SSSR count). The van der Waals surface area contributed by atoms with Crippen LogP contribution in [0.25, 0.3) is 0 Å². The molecule has 168 valence electrons. The van der Waals surface area contributed by atoms with E-state index in [1.54, 1.807) is 48.5 Å². The minimum absolute atomic E-state index is 0.0415. The summed E-state index contributed by atoms with van der Waals surface area (Å²) < 4.78 is 14.4. The highest BCUT2D eigenvalue weighted by Crippen LogP contribution is 2.28. The van der Waals surface area contributed by atoms with Crippen molar-refractivity contribution in [1.82, 2.24) is 4.90 Å². The first-order valence-corrected chi connectivity index (χ1v) is 11.7. The summed E-state index contributed by atoms with van der Waals surface area (Å²) in [6, 6.07) is 18.7. The Labute approximate surface area is 209 Å². The second kappa shape index (κ2) is 10.0. The Kier molecular flexibility index (Phi) is 7.09. The quantitative estimate of drug-likeness (QED) is 0.307. The summed E-state index contributed by atoms with van der Waals surface area (Å²) >= 11 is 8.08. The van der Waals surface area contributed by atoms with Gasteiger partial charge in [0.2, 0.25) is 11.8 Å². The van der Waals surface area contributed by atoms with Crippen molar-refractivity contribution in [3.05, 3.63) is 98.3 Å². The summed E-state index contributed by atoms with van der Waals surface area (Å²) in [5.74, 6) is -1.52. The number of hydrogen-bond donors (Lipinski definition) is 0. The van der Waals surface area contributed by atoms with Crippen LogP contribution in [0.15, 0.2) is 72.8 Å². The highest BCUT2D eigenvalue weighted by Gasteiger charge is 2.44. The Hall–Kier alpha value is -2.78. The number of carbonyl (C=O) groups is 3. The van der Waals surface area contributed by atoms with E-state index in [-0.39, 0.29) is 31.2 Å². The summed E-state index contributed by atoms with van der Waals surface area (Å²) in [7, 11) is 0. The Balaban J connectivity index is 1.62. The van der Waals surface area contributed by atoms with E-state index in [2.05, 4.69) is 22.6 Å². The van der Waals surface area contributed by atoms with Crippen LogP contribution in [0.3, 0.4) is 0 Å². The Morgan fingerprint density at radius 3 is 2.21 bits per heavy atom. The van der Waals surface area contributed by atoms with Crippen molar-refractivity contribution >= 4 is 57.6 Å². The average molecular weight is 577 g/mol. The van der Waals surface area contributed by atoms with Crippen LogP contribution in [0, 0.1) is 9.39 Å². The van der Waals surface area contributed by atoms with Gasteiger partial charge in [0.1, 0.15) is 11.9 Å². The van der Waals surface area contributed by atoms with Crippen LogP contribution in [0.2, 0.25) is 5.02 Å². The Bertz CT molecular complexity index is 1180. The molecule has 1 aliphatic rings. The molecule has 3 aromatic rings. The fourth-order valence-electron chi connectivity index (χ4n) is 3.76. The summed E-state index contributed by atoms with van der Waals surface area (Å²) in [5, 5.41) is 0.555. The molecule has 1 unspecified atom stereocenters. The molecule has 1 fully saturated rings. The van der Waals surface area contributed by atoms with Gasteiger partial charge in [-0.05, 0) is 82.2 Å². The highest BCUT2D eigenvalue weighted by molar-refractivity contribution is 14.1. The topological polar surface area (TPSA) is 57.7 Å². The summed E-state index contributed by atoms with van der Waals surface area (Å²) in [6.45, 7) is 0.0803. The van der Waals surface area contributed by atoms with Crippen molar-refractivity contribution in [1.29, 1.82) is 0 Å². The molecule has 0 N–H and O–H groups in total. The highest BCUT2D eigenvalue weighted by atomic mass is 127. The molecule has 0 aliphatic carbocycles. The van der Waals surface area contributed by atoms with Crippen molar-refractivity contribution in [2.24, 2.45) is 0 Å². The largest absolute Gasteiger partial charge is 0.325 e. The average Bonchev–Trinajstić information content (AvgIpc) is 3.09. The molecule has 3 aromatic carbocycles. The predicted molar refractivity (Wildman–Crippen MR) is 132 cm³/mol. The summed E-state index contributed by atoms with van der Waals surface area (Å²) in [4.78, 5) is 42.0. The number of benzene rings is 3. The molecule has 0 saturated carbocycles. The maximum Gasteiger partial charge on any atom is 0.257 e. The van der Waals surface area contributed by atoms with Gasteiger partial charge >= 0.3 is 0 Å². The molecule has 1 heterocycles. The SMILES string of the molecule is O=C1CC(N(Cc2ccc(F)cc2)C(=O)Cc2ccc(Cl)cc2)C(=O)N1c1ccc(I)cc1. The standard InChI is InChI=1S/C25H19ClFIN2O3/c26-18-5-1-16(2-6-18)13-23(31)29(15-17-3-7-19(27)8-4-17)22-14-24(32)30(25(22)33)21-11-9-20(28)10-12-21/h1-12,22H,13-15H2. The Morgan fingerprint density at radius 1 is 0.970 bits per heavy atom. The fourth-order valence-corrected chi connectivity index (χ4v) is 4.24. The maximum atomic E-state index is 13.4. The molecule has 3 amide bonds. The van der Waals surface area contributed by atoms with Crippen LogP contribution in [0.1, 0.15) is 17.5 Å². The van der Waals surface area contributed by atoms with E-state index in [9.17, 15) is 18.8 Å². The molecule has 1 saturated heterocycles. The van der Waals surface area contributed by atoms with Crippen LogP contribution >= 0.6 is 34.2 Å². The van der Waals surface area contributed by atoms with Crippen molar-refractivity contribution in [2.75, 3.05) is 4.90 Å². The Morgan fingerprint density at radius 2 is 1.58 bits per heavy atom. The van der Waals surface area contributed by atoms with Crippen LogP contribution < -0.4 is 4.90 Å². The first-order chi connectivity index (χ1) is 15.8. The van der Waals surface area contributed by atoms with Crippen molar-refractivity contribution < 1.29 is 18.8 Å². The number of rotatable bonds is 6.